The van der Waals surface area contributed by atoms with Crippen molar-refractivity contribution in [3.8, 4) is 11.4 Å². The number of hydrogen-bond donors (Lipinski definition) is 2. The lowest BCUT2D eigenvalue weighted by molar-refractivity contribution is -0.123. The molecule has 0 saturated carbocycles. The number of unbranched alkanes of at least 4 members (excludes halogenated alkanes) is 7. The van der Waals surface area contributed by atoms with E-state index in [4.69, 9.17) is 9.26 Å². The summed E-state index contributed by atoms with van der Waals surface area (Å²) in [7, 11) is 0. The van der Waals surface area contributed by atoms with Crippen LogP contribution >= 0.6 is 0 Å². The van der Waals surface area contributed by atoms with Crippen LogP contribution in [0.5, 0.6) is 0 Å². The molecule has 0 bridgehead atoms. The zero-order valence-corrected chi connectivity index (χ0v) is 25.1. The van der Waals surface area contributed by atoms with Crippen LogP contribution in [0.2, 0.25) is 0 Å². The molecule has 222 valence electrons. The molecule has 2 amide bonds. The third kappa shape index (κ3) is 12.2. The molecule has 8 heteroatoms. The first kappa shape index (κ1) is 31.8. The minimum atomic E-state index is -0.830. The molecule has 0 aliphatic rings. The predicted molar refractivity (Wildman–Crippen MR) is 161 cm³/mol. The molecule has 41 heavy (non-hydrogen) atoms. The third-order valence-electron chi connectivity index (χ3n) is 6.70. The Morgan fingerprint density at radius 3 is 2.20 bits per heavy atom. The SMILES string of the molecule is CCCCCCCCCCc1ccc(-c2noc(CNC(=O)[C@H](Cc3ccccc3)NC(=O)OC(C)(C)C)n2)cc1. The smallest absolute Gasteiger partial charge is 0.408 e. The molecule has 0 saturated heterocycles. The van der Waals surface area contributed by atoms with Gasteiger partial charge in [-0.15, -0.1) is 0 Å². The Morgan fingerprint density at radius 2 is 1.54 bits per heavy atom. The first-order valence-electron chi connectivity index (χ1n) is 15.0. The van der Waals surface area contributed by atoms with Gasteiger partial charge in [-0.1, -0.05) is 112 Å². The lowest BCUT2D eigenvalue weighted by atomic mass is 10.0. The Morgan fingerprint density at radius 1 is 0.878 bits per heavy atom. The molecule has 0 unspecified atom stereocenters. The van der Waals surface area contributed by atoms with E-state index in [1.54, 1.807) is 20.8 Å². The van der Waals surface area contributed by atoms with E-state index in [0.29, 0.717) is 12.2 Å². The quantitative estimate of drug-likeness (QED) is 0.179. The molecule has 3 rings (SSSR count). The number of benzene rings is 2. The van der Waals surface area contributed by atoms with Gasteiger partial charge in [0.15, 0.2) is 0 Å². The van der Waals surface area contributed by atoms with Crippen LogP contribution in [0.1, 0.15) is 96.1 Å². The molecule has 0 aliphatic carbocycles. The maximum Gasteiger partial charge on any atom is 0.408 e. The monoisotopic (exact) mass is 562 g/mol. The molecule has 0 fully saturated rings. The number of carbonyl (C=O) groups excluding carboxylic acids is 2. The van der Waals surface area contributed by atoms with E-state index in [9.17, 15) is 9.59 Å². The summed E-state index contributed by atoms with van der Waals surface area (Å²) in [6.45, 7) is 7.62. The first-order chi connectivity index (χ1) is 19.7. The maximum absolute atomic E-state index is 13.1. The van der Waals surface area contributed by atoms with Crippen molar-refractivity contribution in [1.29, 1.82) is 0 Å². The van der Waals surface area contributed by atoms with Crippen molar-refractivity contribution in [2.45, 2.75) is 110 Å². The number of hydrogen-bond acceptors (Lipinski definition) is 6. The predicted octanol–water partition coefficient (Wildman–Crippen LogP) is 7.17. The number of nitrogens with zero attached hydrogens (tertiary/aromatic N) is 2. The normalized spacial score (nSPS) is 12.1. The minimum Gasteiger partial charge on any atom is -0.444 e. The van der Waals surface area contributed by atoms with E-state index in [0.717, 1.165) is 17.5 Å². The maximum atomic E-state index is 13.1. The van der Waals surface area contributed by atoms with Gasteiger partial charge in [0.1, 0.15) is 11.6 Å². The summed E-state index contributed by atoms with van der Waals surface area (Å²) in [5.41, 5.74) is 2.40. The zero-order chi connectivity index (χ0) is 29.5. The number of alkyl carbamates (subject to hydrolysis) is 1. The highest BCUT2D eigenvalue weighted by atomic mass is 16.6. The zero-order valence-electron chi connectivity index (χ0n) is 25.1. The largest absolute Gasteiger partial charge is 0.444 e. The van der Waals surface area contributed by atoms with Gasteiger partial charge in [-0.05, 0) is 44.7 Å². The summed E-state index contributed by atoms with van der Waals surface area (Å²) in [6.07, 6.45) is 11.2. The van der Waals surface area contributed by atoms with Crippen LogP contribution in [-0.4, -0.2) is 33.8 Å². The lowest BCUT2D eigenvalue weighted by Crippen LogP contribution is -2.49. The summed E-state index contributed by atoms with van der Waals surface area (Å²) in [5, 5.41) is 9.57. The van der Waals surface area contributed by atoms with Gasteiger partial charge in [-0.2, -0.15) is 4.98 Å². The Bertz CT molecular complexity index is 1190. The van der Waals surface area contributed by atoms with Gasteiger partial charge in [0.2, 0.25) is 17.6 Å². The van der Waals surface area contributed by atoms with Crippen LogP contribution in [0.3, 0.4) is 0 Å². The number of ether oxygens (including phenoxy) is 1. The second-order valence-electron chi connectivity index (χ2n) is 11.5. The second-order valence-corrected chi connectivity index (χ2v) is 11.5. The van der Waals surface area contributed by atoms with Gasteiger partial charge in [-0.3, -0.25) is 4.79 Å². The van der Waals surface area contributed by atoms with E-state index in [2.05, 4.69) is 39.8 Å². The summed E-state index contributed by atoms with van der Waals surface area (Å²) >= 11 is 0. The van der Waals surface area contributed by atoms with Gasteiger partial charge in [0.25, 0.3) is 0 Å². The number of amides is 2. The molecule has 0 spiro atoms. The van der Waals surface area contributed by atoms with Crippen LogP contribution in [0.4, 0.5) is 4.79 Å². The fourth-order valence-electron chi connectivity index (χ4n) is 4.52. The Hall–Kier alpha value is -3.68. The average molecular weight is 563 g/mol. The molecule has 0 aliphatic heterocycles. The van der Waals surface area contributed by atoms with Crippen molar-refractivity contribution in [3.05, 3.63) is 71.6 Å². The van der Waals surface area contributed by atoms with Crippen LogP contribution < -0.4 is 10.6 Å². The van der Waals surface area contributed by atoms with E-state index in [1.807, 2.05) is 42.5 Å². The Labute approximate surface area is 244 Å². The number of aromatic nitrogens is 2. The summed E-state index contributed by atoms with van der Waals surface area (Å²) in [5.74, 6) is 0.387. The fourth-order valence-corrected chi connectivity index (χ4v) is 4.52. The van der Waals surface area contributed by atoms with Crippen molar-refractivity contribution >= 4 is 12.0 Å². The highest BCUT2D eigenvalue weighted by Crippen LogP contribution is 2.18. The van der Waals surface area contributed by atoms with Gasteiger partial charge >= 0.3 is 6.09 Å². The van der Waals surface area contributed by atoms with Crippen LogP contribution in [0.25, 0.3) is 11.4 Å². The molecule has 1 atom stereocenters. The Kier molecular flexibility index (Phi) is 12.9. The Balaban J connectivity index is 1.49. The standard InChI is InChI=1S/C33H46N4O4/c1-5-6-7-8-9-10-11-13-16-25-19-21-27(22-20-25)30-36-29(41-37-30)24-34-31(38)28(23-26-17-14-12-15-18-26)35-32(39)40-33(2,3)4/h12,14-15,17-22,28H,5-11,13,16,23-24H2,1-4H3,(H,34,38)(H,35,39)/t28-/m0/s1. The molecular weight excluding hydrogens is 516 g/mol. The number of carbonyl (C=O) groups is 2. The van der Waals surface area contributed by atoms with Crippen molar-refractivity contribution < 1.29 is 18.8 Å². The first-order valence-corrected chi connectivity index (χ1v) is 15.0. The average Bonchev–Trinajstić information content (AvgIpc) is 3.42. The molecule has 1 aromatic heterocycles. The van der Waals surface area contributed by atoms with Gasteiger partial charge in [0.05, 0.1) is 6.54 Å². The number of aryl methyl sites for hydroxylation is 1. The van der Waals surface area contributed by atoms with Gasteiger partial charge in [-0.25, -0.2) is 4.79 Å². The van der Waals surface area contributed by atoms with E-state index in [1.165, 1.54) is 56.9 Å². The van der Waals surface area contributed by atoms with Crippen molar-refractivity contribution in [3.63, 3.8) is 0 Å². The summed E-state index contributed by atoms with van der Waals surface area (Å²) in [4.78, 5) is 29.9. The van der Waals surface area contributed by atoms with Crippen LogP contribution in [-0.2, 0) is 28.9 Å². The van der Waals surface area contributed by atoms with Gasteiger partial charge in [0, 0.05) is 12.0 Å². The molecule has 1 heterocycles. The molecular formula is C33H46N4O4. The van der Waals surface area contributed by atoms with Crippen LogP contribution in [0, 0.1) is 0 Å². The second kappa shape index (κ2) is 16.6. The van der Waals surface area contributed by atoms with Crippen LogP contribution in [0.15, 0.2) is 59.1 Å². The van der Waals surface area contributed by atoms with Gasteiger partial charge < -0.3 is 19.9 Å². The minimum absolute atomic E-state index is 0.0453. The van der Waals surface area contributed by atoms with E-state index in [-0.39, 0.29) is 18.3 Å². The molecule has 2 aromatic carbocycles. The summed E-state index contributed by atoms with van der Waals surface area (Å²) in [6, 6.07) is 16.9. The summed E-state index contributed by atoms with van der Waals surface area (Å²) < 4.78 is 10.7. The molecule has 0 radical (unpaired) electrons. The number of nitrogens with one attached hydrogen (secondary N) is 2. The van der Waals surface area contributed by atoms with Crippen molar-refractivity contribution in [2.24, 2.45) is 0 Å². The van der Waals surface area contributed by atoms with E-state index >= 15 is 0 Å². The lowest BCUT2D eigenvalue weighted by Gasteiger charge is -2.23. The fraction of sp³-hybridized carbons (Fsp3) is 0.515. The number of rotatable bonds is 16. The molecule has 2 N–H and O–H groups in total. The topological polar surface area (TPSA) is 106 Å². The van der Waals surface area contributed by atoms with E-state index < -0.39 is 17.7 Å². The third-order valence-corrected chi connectivity index (χ3v) is 6.70. The highest BCUT2D eigenvalue weighted by molar-refractivity contribution is 5.85. The van der Waals surface area contributed by atoms with Crippen molar-refractivity contribution in [1.82, 2.24) is 20.8 Å². The molecule has 8 nitrogen and oxygen atoms in total. The highest BCUT2D eigenvalue weighted by Gasteiger charge is 2.25. The molecule has 3 aromatic rings. The van der Waals surface area contributed by atoms with Crippen molar-refractivity contribution in [2.75, 3.05) is 0 Å².